The number of aromatic nitrogens is 2. The minimum atomic E-state index is -3.24. The van der Waals surface area contributed by atoms with E-state index in [1.165, 1.54) is 6.33 Å². The number of rotatable bonds is 7. The first kappa shape index (κ1) is 20.0. The molecule has 1 amide bonds. The molecule has 1 N–H and O–H groups in total. The first-order valence-electron chi connectivity index (χ1n) is 10.0. The van der Waals surface area contributed by atoms with E-state index in [0.717, 1.165) is 31.2 Å². The molecule has 1 aliphatic carbocycles. The Balaban J connectivity index is 1.56. The van der Waals surface area contributed by atoms with E-state index < -0.39 is 9.84 Å². The zero-order chi connectivity index (χ0) is 20.3. The fraction of sp³-hybridized carbons (Fsp3) is 0.476. The third kappa shape index (κ3) is 4.82. The van der Waals surface area contributed by atoms with Gasteiger partial charge in [0, 0.05) is 19.4 Å². The lowest BCUT2D eigenvalue weighted by Crippen LogP contribution is -2.26. The second-order valence-electron chi connectivity index (χ2n) is 7.74. The summed E-state index contributed by atoms with van der Waals surface area (Å²) in [4.78, 5) is 21.3. The van der Waals surface area contributed by atoms with Gasteiger partial charge >= 0.3 is 0 Å². The average molecular weight is 416 g/mol. The highest BCUT2D eigenvalue weighted by Gasteiger charge is 2.37. The summed E-state index contributed by atoms with van der Waals surface area (Å²) in [6.45, 7) is 1.42. The van der Waals surface area contributed by atoms with Crippen molar-refractivity contribution >= 4 is 21.6 Å². The van der Waals surface area contributed by atoms with Crippen LogP contribution in [0.2, 0.25) is 0 Å². The molecule has 1 saturated carbocycles. The molecule has 29 heavy (non-hydrogen) atoms. The Morgan fingerprint density at radius 2 is 1.83 bits per heavy atom. The molecule has 1 aliphatic heterocycles. The number of hydrogen-bond donors (Lipinski definition) is 1. The van der Waals surface area contributed by atoms with Crippen molar-refractivity contribution in [2.45, 2.75) is 48.2 Å². The molecular formula is C21H25N3O4S. The van der Waals surface area contributed by atoms with Gasteiger partial charge in [-0.3, -0.25) is 4.79 Å². The van der Waals surface area contributed by atoms with Crippen LogP contribution in [0, 0.1) is 5.92 Å². The van der Waals surface area contributed by atoms with Crippen molar-refractivity contribution in [1.82, 2.24) is 9.97 Å². The van der Waals surface area contributed by atoms with Crippen LogP contribution in [-0.4, -0.2) is 42.8 Å². The van der Waals surface area contributed by atoms with Crippen molar-refractivity contribution in [2.75, 3.05) is 18.5 Å². The van der Waals surface area contributed by atoms with E-state index in [2.05, 4.69) is 15.3 Å². The van der Waals surface area contributed by atoms with Gasteiger partial charge in [-0.15, -0.1) is 0 Å². The average Bonchev–Trinajstić information content (AvgIpc) is 3.60. The standard InChI is InChI=1S/C21H25N3O4S/c25-21(24-20-7-10-22-14-23-20)19(13-15-8-11-28-12-9-15)16-1-3-17(4-2-16)29(26,27)18-5-6-18/h1-4,7,10,14-15,18-19H,5-6,8-9,11-13H2,(H,22,23,24,25). The highest BCUT2D eigenvalue weighted by molar-refractivity contribution is 7.92. The lowest BCUT2D eigenvalue weighted by atomic mass is 9.84. The molecule has 1 aromatic heterocycles. The van der Waals surface area contributed by atoms with E-state index in [4.69, 9.17) is 4.74 Å². The summed E-state index contributed by atoms with van der Waals surface area (Å²) in [6.07, 6.45) is 6.97. The summed E-state index contributed by atoms with van der Waals surface area (Å²) < 4.78 is 30.4. The molecule has 1 saturated heterocycles. The largest absolute Gasteiger partial charge is 0.381 e. The number of anilines is 1. The van der Waals surface area contributed by atoms with Gasteiger partial charge in [0.1, 0.15) is 12.1 Å². The van der Waals surface area contributed by atoms with Crippen molar-refractivity contribution in [3.8, 4) is 0 Å². The van der Waals surface area contributed by atoms with Gasteiger partial charge in [0.2, 0.25) is 5.91 Å². The Morgan fingerprint density at radius 3 is 2.45 bits per heavy atom. The predicted octanol–water partition coefficient (Wildman–Crippen LogP) is 2.95. The van der Waals surface area contributed by atoms with Crippen LogP contribution in [0.4, 0.5) is 5.82 Å². The van der Waals surface area contributed by atoms with Crippen LogP contribution in [-0.2, 0) is 19.4 Å². The maximum Gasteiger partial charge on any atom is 0.233 e. The van der Waals surface area contributed by atoms with E-state index in [0.29, 0.717) is 36.3 Å². The topological polar surface area (TPSA) is 98.2 Å². The first-order valence-corrected chi connectivity index (χ1v) is 11.6. The molecule has 1 aromatic carbocycles. The molecule has 2 aliphatic rings. The molecule has 2 fully saturated rings. The molecule has 2 aromatic rings. The molecule has 0 bridgehead atoms. The van der Waals surface area contributed by atoms with Crippen LogP contribution in [0.3, 0.4) is 0 Å². The number of benzene rings is 1. The van der Waals surface area contributed by atoms with Crippen LogP contribution >= 0.6 is 0 Å². The summed E-state index contributed by atoms with van der Waals surface area (Å²) in [7, 11) is -3.24. The highest BCUT2D eigenvalue weighted by atomic mass is 32.2. The number of amides is 1. The van der Waals surface area contributed by atoms with Crippen LogP contribution < -0.4 is 5.32 Å². The number of nitrogens with one attached hydrogen (secondary N) is 1. The molecule has 4 rings (SSSR count). The third-order valence-corrected chi connectivity index (χ3v) is 7.91. The van der Waals surface area contributed by atoms with E-state index in [1.807, 2.05) is 0 Å². The Morgan fingerprint density at radius 1 is 1.10 bits per heavy atom. The zero-order valence-corrected chi connectivity index (χ0v) is 17.0. The normalized spacial score (nSPS) is 18.9. The van der Waals surface area contributed by atoms with Crippen molar-refractivity contribution in [2.24, 2.45) is 5.92 Å². The second-order valence-corrected chi connectivity index (χ2v) is 9.97. The highest BCUT2D eigenvalue weighted by Crippen LogP contribution is 2.35. The molecule has 0 radical (unpaired) electrons. The molecule has 7 nitrogen and oxygen atoms in total. The first-order chi connectivity index (χ1) is 14.0. The van der Waals surface area contributed by atoms with Crippen LogP contribution in [0.25, 0.3) is 0 Å². The summed E-state index contributed by atoms with van der Waals surface area (Å²) in [6, 6.07) is 8.47. The summed E-state index contributed by atoms with van der Waals surface area (Å²) in [5.41, 5.74) is 0.817. The SMILES string of the molecule is O=C(Nc1ccncn1)C(CC1CCOCC1)c1ccc(S(=O)(=O)C2CC2)cc1. The van der Waals surface area contributed by atoms with Crippen LogP contribution in [0.15, 0.2) is 47.8 Å². The number of nitrogens with zero attached hydrogens (tertiary/aromatic N) is 2. The number of carbonyl (C=O) groups is 1. The summed E-state index contributed by atoms with van der Waals surface area (Å²) in [5.74, 6) is 0.313. The predicted molar refractivity (Wildman–Crippen MR) is 108 cm³/mol. The Bertz CT molecular complexity index is 938. The number of sulfone groups is 1. The number of carbonyl (C=O) groups excluding carboxylic acids is 1. The van der Waals surface area contributed by atoms with Gasteiger partial charge in [-0.2, -0.15) is 0 Å². The quantitative estimate of drug-likeness (QED) is 0.747. The monoisotopic (exact) mass is 415 g/mol. The van der Waals surface area contributed by atoms with Crippen LogP contribution in [0.1, 0.15) is 43.6 Å². The molecule has 154 valence electrons. The number of ether oxygens (including phenoxy) is 1. The summed E-state index contributed by atoms with van der Waals surface area (Å²) in [5, 5.41) is 2.62. The minimum absolute atomic E-state index is 0.145. The maximum atomic E-state index is 13.1. The van der Waals surface area contributed by atoms with Crippen molar-refractivity contribution in [3.63, 3.8) is 0 Å². The van der Waals surface area contributed by atoms with Crippen molar-refractivity contribution in [1.29, 1.82) is 0 Å². The molecular weight excluding hydrogens is 390 g/mol. The molecule has 0 spiro atoms. The van der Waals surface area contributed by atoms with Crippen molar-refractivity contribution in [3.05, 3.63) is 48.4 Å². The van der Waals surface area contributed by atoms with Crippen molar-refractivity contribution < 1.29 is 17.9 Å². The van der Waals surface area contributed by atoms with Gasteiger partial charge in [-0.25, -0.2) is 18.4 Å². The Kier molecular flexibility index (Phi) is 5.91. The smallest absolute Gasteiger partial charge is 0.233 e. The van der Waals surface area contributed by atoms with E-state index in [1.54, 1.807) is 36.5 Å². The van der Waals surface area contributed by atoms with E-state index >= 15 is 0 Å². The molecule has 2 heterocycles. The fourth-order valence-electron chi connectivity index (χ4n) is 3.75. The zero-order valence-electron chi connectivity index (χ0n) is 16.2. The van der Waals surface area contributed by atoms with Gasteiger partial charge in [-0.1, -0.05) is 12.1 Å². The van der Waals surface area contributed by atoms with Gasteiger partial charge < -0.3 is 10.1 Å². The minimum Gasteiger partial charge on any atom is -0.381 e. The van der Waals surface area contributed by atoms with Gasteiger partial charge in [-0.05, 0) is 61.8 Å². The van der Waals surface area contributed by atoms with Gasteiger partial charge in [0.15, 0.2) is 9.84 Å². The lowest BCUT2D eigenvalue weighted by Gasteiger charge is -2.26. The maximum absolute atomic E-state index is 13.1. The molecule has 1 atom stereocenters. The fourth-order valence-corrected chi connectivity index (χ4v) is 5.41. The summed E-state index contributed by atoms with van der Waals surface area (Å²) >= 11 is 0. The van der Waals surface area contributed by atoms with E-state index in [-0.39, 0.29) is 17.1 Å². The van der Waals surface area contributed by atoms with E-state index in [9.17, 15) is 13.2 Å². The number of hydrogen-bond acceptors (Lipinski definition) is 6. The Labute approximate surface area is 170 Å². The van der Waals surface area contributed by atoms with Crippen LogP contribution in [0.5, 0.6) is 0 Å². The lowest BCUT2D eigenvalue weighted by molar-refractivity contribution is -0.118. The second kappa shape index (κ2) is 8.59. The van der Waals surface area contributed by atoms with Gasteiger partial charge in [0.25, 0.3) is 0 Å². The molecule has 8 heteroatoms. The van der Waals surface area contributed by atoms with Gasteiger partial charge in [0.05, 0.1) is 16.1 Å². The Hall–Kier alpha value is -2.32. The third-order valence-electron chi connectivity index (χ3n) is 5.63. The molecule has 1 unspecified atom stereocenters.